The minimum Gasteiger partial charge on any atom is -0.494 e. The van der Waals surface area contributed by atoms with Crippen LogP contribution < -0.4 is 14.8 Å². The molecule has 0 atom stereocenters. The fourth-order valence-corrected chi connectivity index (χ4v) is 4.69. The number of unbranched alkanes of at least 4 members (excludes halogenated alkanes) is 8. The van der Waals surface area contributed by atoms with Crippen LogP contribution >= 0.6 is 0 Å². The third kappa shape index (κ3) is 9.56. The molecule has 0 aromatic heterocycles. The van der Waals surface area contributed by atoms with Crippen LogP contribution in [0.1, 0.15) is 71.1 Å². The Labute approximate surface area is 207 Å². The molecular formula is C25H35N3O6S. The van der Waals surface area contributed by atoms with Gasteiger partial charge in [-0.05, 0) is 30.7 Å². The first kappa shape index (κ1) is 28.1. The number of amides is 1. The van der Waals surface area contributed by atoms with E-state index in [1.165, 1.54) is 51.7 Å². The summed E-state index contributed by atoms with van der Waals surface area (Å²) in [7, 11) is -2.60. The molecule has 0 aliphatic rings. The van der Waals surface area contributed by atoms with E-state index < -0.39 is 14.9 Å². The monoisotopic (exact) mass is 505 g/mol. The summed E-state index contributed by atoms with van der Waals surface area (Å²) in [6.45, 7) is 2.21. The summed E-state index contributed by atoms with van der Waals surface area (Å²) < 4.78 is 33.0. The first-order valence-corrected chi connectivity index (χ1v) is 13.5. The Balaban J connectivity index is 1.86. The number of nitrogens with zero attached hydrogens (tertiary/aromatic N) is 1. The maximum atomic E-state index is 12.7. The number of ether oxygens (including phenoxy) is 1. The minimum absolute atomic E-state index is 0.103. The van der Waals surface area contributed by atoms with Crippen molar-refractivity contribution in [3.63, 3.8) is 0 Å². The summed E-state index contributed by atoms with van der Waals surface area (Å²) in [6, 6.07) is 9.19. The Morgan fingerprint density at radius 2 is 1.54 bits per heavy atom. The molecule has 10 heteroatoms. The average Bonchev–Trinajstić information content (AvgIpc) is 2.83. The second-order valence-corrected chi connectivity index (χ2v) is 10.1. The van der Waals surface area contributed by atoms with Gasteiger partial charge < -0.3 is 10.1 Å². The van der Waals surface area contributed by atoms with Crippen molar-refractivity contribution in [1.82, 2.24) is 0 Å². The largest absolute Gasteiger partial charge is 0.494 e. The molecule has 0 spiro atoms. The van der Waals surface area contributed by atoms with Gasteiger partial charge in [0.15, 0.2) is 0 Å². The number of benzene rings is 2. The molecule has 0 aliphatic heterocycles. The third-order valence-electron chi connectivity index (χ3n) is 5.59. The molecule has 1 amide bonds. The number of carbonyl (C=O) groups excluding carboxylic acids is 1. The van der Waals surface area contributed by atoms with Crippen molar-refractivity contribution >= 4 is 33.0 Å². The second-order valence-electron chi connectivity index (χ2n) is 8.40. The van der Waals surface area contributed by atoms with Gasteiger partial charge in [0.1, 0.15) is 5.75 Å². The van der Waals surface area contributed by atoms with Crippen molar-refractivity contribution in [3.8, 4) is 5.75 Å². The van der Waals surface area contributed by atoms with Gasteiger partial charge in [0.25, 0.3) is 15.7 Å². The lowest BCUT2D eigenvalue weighted by Crippen LogP contribution is -2.14. The highest BCUT2D eigenvalue weighted by Gasteiger charge is 2.18. The van der Waals surface area contributed by atoms with Crippen LogP contribution in [0.4, 0.5) is 17.1 Å². The number of anilines is 2. The number of hydrogen-bond acceptors (Lipinski definition) is 6. The predicted octanol–water partition coefficient (Wildman–Crippen LogP) is 6.26. The average molecular weight is 506 g/mol. The molecule has 192 valence electrons. The van der Waals surface area contributed by atoms with Crippen LogP contribution in [0.2, 0.25) is 0 Å². The first-order chi connectivity index (χ1) is 16.8. The molecule has 2 aromatic rings. The van der Waals surface area contributed by atoms with Gasteiger partial charge in [0.05, 0.1) is 22.6 Å². The van der Waals surface area contributed by atoms with E-state index in [0.29, 0.717) is 12.1 Å². The summed E-state index contributed by atoms with van der Waals surface area (Å²) in [5.74, 6) is 0.130. The molecule has 35 heavy (non-hydrogen) atoms. The lowest BCUT2D eigenvalue weighted by molar-refractivity contribution is -0.384. The number of nitro groups is 1. The Bertz CT molecular complexity index is 1070. The standard InChI is InChI=1S/C25H35N3O6S/c1-3-4-5-6-7-8-9-10-11-12-25(29)26-20-13-18-23(24(19-20)34-2)27-35(32,33)22-16-14-21(15-17-22)28(30)31/h13-19,27H,3-12H2,1-2H3,(H,26,29). The highest BCUT2D eigenvalue weighted by atomic mass is 32.2. The van der Waals surface area contributed by atoms with E-state index in [0.717, 1.165) is 43.5 Å². The van der Waals surface area contributed by atoms with E-state index in [2.05, 4.69) is 17.0 Å². The molecule has 2 N–H and O–H groups in total. The molecule has 0 aliphatic carbocycles. The van der Waals surface area contributed by atoms with Gasteiger partial charge in [-0.3, -0.25) is 19.6 Å². The first-order valence-electron chi connectivity index (χ1n) is 12.0. The lowest BCUT2D eigenvalue weighted by atomic mass is 10.1. The molecule has 9 nitrogen and oxygen atoms in total. The zero-order valence-electron chi connectivity index (χ0n) is 20.4. The quantitative estimate of drug-likeness (QED) is 0.157. The van der Waals surface area contributed by atoms with Crippen LogP contribution in [0, 0.1) is 10.1 Å². The summed E-state index contributed by atoms with van der Waals surface area (Å²) in [5.41, 5.74) is 0.480. The number of nitro benzene ring substituents is 1. The van der Waals surface area contributed by atoms with Crippen molar-refractivity contribution < 1.29 is 22.9 Å². The van der Waals surface area contributed by atoms with Gasteiger partial charge in [0.2, 0.25) is 5.91 Å². The van der Waals surface area contributed by atoms with Crippen molar-refractivity contribution in [1.29, 1.82) is 0 Å². The Morgan fingerprint density at radius 1 is 0.943 bits per heavy atom. The van der Waals surface area contributed by atoms with E-state index in [-0.39, 0.29) is 27.9 Å². The Hall–Kier alpha value is -3.14. The van der Waals surface area contributed by atoms with Crippen molar-refractivity contribution in [2.24, 2.45) is 0 Å². The molecule has 2 aromatic carbocycles. The van der Waals surface area contributed by atoms with E-state index in [9.17, 15) is 23.3 Å². The number of rotatable bonds is 16. The fourth-order valence-electron chi connectivity index (χ4n) is 3.62. The molecule has 0 heterocycles. The zero-order chi connectivity index (χ0) is 25.7. The molecule has 0 saturated carbocycles. The summed E-state index contributed by atoms with van der Waals surface area (Å²) >= 11 is 0. The summed E-state index contributed by atoms with van der Waals surface area (Å²) in [6.07, 6.45) is 11.0. The highest BCUT2D eigenvalue weighted by Crippen LogP contribution is 2.30. The van der Waals surface area contributed by atoms with E-state index in [1.807, 2.05) is 0 Å². The lowest BCUT2D eigenvalue weighted by Gasteiger charge is -2.14. The number of sulfonamides is 1. The van der Waals surface area contributed by atoms with Gasteiger partial charge in [-0.15, -0.1) is 0 Å². The van der Waals surface area contributed by atoms with E-state index in [1.54, 1.807) is 12.1 Å². The molecule has 0 bridgehead atoms. The predicted molar refractivity (Wildman–Crippen MR) is 137 cm³/mol. The van der Waals surface area contributed by atoms with Crippen LogP contribution in [0.15, 0.2) is 47.4 Å². The number of carbonyl (C=O) groups is 1. The summed E-state index contributed by atoms with van der Waals surface area (Å²) in [5, 5.41) is 13.6. The Morgan fingerprint density at radius 3 is 2.11 bits per heavy atom. The normalized spacial score (nSPS) is 11.1. The maximum Gasteiger partial charge on any atom is 0.269 e. The van der Waals surface area contributed by atoms with Crippen molar-refractivity contribution in [2.75, 3.05) is 17.1 Å². The number of non-ortho nitro benzene ring substituents is 1. The SMILES string of the molecule is CCCCCCCCCCCC(=O)Nc1ccc(NS(=O)(=O)c2ccc([N+](=O)[O-])cc2)c(OC)c1. The van der Waals surface area contributed by atoms with Crippen LogP contribution in [0.5, 0.6) is 5.75 Å². The molecule has 0 fully saturated rings. The smallest absolute Gasteiger partial charge is 0.269 e. The van der Waals surface area contributed by atoms with Gasteiger partial charge >= 0.3 is 0 Å². The molecule has 0 saturated heterocycles. The van der Waals surface area contributed by atoms with Gasteiger partial charge in [-0.2, -0.15) is 0 Å². The minimum atomic E-state index is -3.99. The van der Waals surface area contributed by atoms with Crippen molar-refractivity contribution in [3.05, 3.63) is 52.6 Å². The van der Waals surface area contributed by atoms with E-state index in [4.69, 9.17) is 4.74 Å². The van der Waals surface area contributed by atoms with Crippen LogP contribution in [0.3, 0.4) is 0 Å². The summed E-state index contributed by atoms with van der Waals surface area (Å²) in [4.78, 5) is 22.3. The second kappa shape index (κ2) is 14.3. The van der Waals surface area contributed by atoms with Crippen molar-refractivity contribution in [2.45, 2.75) is 76.0 Å². The number of nitrogens with one attached hydrogen (secondary N) is 2. The maximum absolute atomic E-state index is 12.7. The highest BCUT2D eigenvalue weighted by molar-refractivity contribution is 7.92. The van der Waals surface area contributed by atoms with Gasteiger partial charge in [-0.25, -0.2) is 8.42 Å². The molecule has 0 unspecified atom stereocenters. The van der Waals surface area contributed by atoms with Crippen LogP contribution in [0.25, 0.3) is 0 Å². The molecule has 0 radical (unpaired) electrons. The van der Waals surface area contributed by atoms with Crippen LogP contribution in [-0.2, 0) is 14.8 Å². The third-order valence-corrected chi connectivity index (χ3v) is 6.98. The van der Waals surface area contributed by atoms with Gasteiger partial charge in [-0.1, -0.05) is 58.3 Å². The van der Waals surface area contributed by atoms with E-state index >= 15 is 0 Å². The molecular weight excluding hydrogens is 470 g/mol. The topological polar surface area (TPSA) is 128 Å². The number of hydrogen-bond donors (Lipinski definition) is 2. The van der Waals surface area contributed by atoms with Crippen LogP contribution in [-0.4, -0.2) is 26.4 Å². The Kier molecular flexibility index (Phi) is 11.5. The molecule has 2 rings (SSSR count). The fraction of sp³-hybridized carbons (Fsp3) is 0.480. The zero-order valence-corrected chi connectivity index (χ0v) is 21.2. The number of methoxy groups -OCH3 is 1. The van der Waals surface area contributed by atoms with Gasteiger partial charge in [0, 0.05) is 30.3 Å².